The molecule has 2 N–H and O–H groups in total. The number of nitrogens with one attached hydrogen (secondary N) is 2. The number of ether oxygens (including phenoxy) is 2. The van der Waals surface area contributed by atoms with Crippen molar-refractivity contribution < 1.29 is 19.1 Å². The minimum atomic E-state index is -0.603. The van der Waals surface area contributed by atoms with Crippen LogP contribution in [-0.2, 0) is 16.0 Å². The van der Waals surface area contributed by atoms with Crippen molar-refractivity contribution in [2.24, 2.45) is 5.92 Å². The third kappa shape index (κ3) is 5.92. The third-order valence-electron chi connectivity index (χ3n) is 6.07. The van der Waals surface area contributed by atoms with Crippen molar-refractivity contribution in [3.8, 4) is 11.5 Å². The molecule has 38 heavy (non-hydrogen) atoms. The summed E-state index contributed by atoms with van der Waals surface area (Å²) in [5, 5.41) is 6.75. The number of amides is 2. The number of carbonyl (C=O) groups is 2. The fraction of sp³-hybridized carbons (Fsp3) is 0.214. The highest BCUT2D eigenvalue weighted by Crippen LogP contribution is 2.31. The maximum atomic E-state index is 13.4. The highest BCUT2D eigenvalue weighted by Gasteiger charge is 2.24. The minimum absolute atomic E-state index is 0.00231. The number of nitrogens with zero attached hydrogens (tertiary/aromatic N) is 2. The monoisotopic (exact) mass is 546 g/mol. The Morgan fingerprint density at radius 2 is 1.37 bits per heavy atom. The van der Waals surface area contributed by atoms with Crippen molar-refractivity contribution in [1.82, 2.24) is 9.97 Å². The van der Waals surface area contributed by atoms with Gasteiger partial charge >= 0.3 is 0 Å². The summed E-state index contributed by atoms with van der Waals surface area (Å²) in [6.45, 7) is 2.01. The number of hydrogen-bond acceptors (Lipinski definition) is 8. The first kappa shape index (κ1) is 25.6. The molecule has 0 radical (unpaired) electrons. The van der Waals surface area contributed by atoms with E-state index in [1.54, 1.807) is 14.2 Å². The van der Waals surface area contributed by atoms with Gasteiger partial charge in [0.2, 0.25) is 11.8 Å². The first-order chi connectivity index (χ1) is 18.4. The third-order valence-corrected chi connectivity index (χ3v) is 7.94. The molecule has 194 valence electrons. The maximum absolute atomic E-state index is 13.4. The van der Waals surface area contributed by atoms with Crippen LogP contribution in [0.4, 0.5) is 10.3 Å². The van der Waals surface area contributed by atoms with E-state index in [2.05, 4.69) is 20.6 Å². The van der Waals surface area contributed by atoms with Gasteiger partial charge in [-0.15, -0.1) is 0 Å². The number of fused-ring (bicyclic) bond motifs is 2. The molecule has 5 rings (SSSR count). The summed E-state index contributed by atoms with van der Waals surface area (Å²) >= 11 is 2.73. The van der Waals surface area contributed by atoms with Gasteiger partial charge in [0, 0.05) is 6.42 Å². The lowest BCUT2D eigenvalue weighted by atomic mass is 9.94. The lowest BCUT2D eigenvalue weighted by molar-refractivity contribution is -0.124. The second kappa shape index (κ2) is 11.2. The Morgan fingerprint density at radius 1 is 0.816 bits per heavy atom. The fourth-order valence-electron chi connectivity index (χ4n) is 4.04. The van der Waals surface area contributed by atoms with E-state index < -0.39 is 5.92 Å². The second-order valence-corrected chi connectivity index (χ2v) is 10.9. The molecule has 2 amide bonds. The number of carbonyl (C=O) groups excluding carboxylic acids is 2. The Balaban J connectivity index is 1.33. The lowest BCUT2D eigenvalue weighted by Gasteiger charge is -2.16. The number of benzene rings is 3. The first-order valence-electron chi connectivity index (χ1n) is 12.0. The van der Waals surface area contributed by atoms with Gasteiger partial charge in [0.1, 0.15) is 11.5 Å². The molecule has 1 atom stereocenters. The van der Waals surface area contributed by atoms with Gasteiger partial charge < -0.3 is 20.1 Å². The largest absolute Gasteiger partial charge is 0.497 e. The van der Waals surface area contributed by atoms with Gasteiger partial charge in [0.05, 0.1) is 40.6 Å². The molecule has 5 aromatic rings. The van der Waals surface area contributed by atoms with Crippen molar-refractivity contribution >= 4 is 65.2 Å². The zero-order chi connectivity index (χ0) is 26.6. The van der Waals surface area contributed by atoms with Crippen LogP contribution in [0.2, 0.25) is 0 Å². The molecule has 0 fully saturated rings. The number of rotatable bonds is 9. The van der Waals surface area contributed by atoms with Gasteiger partial charge in [-0.2, -0.15) is 0 Å². The van der Waals surface area contributed by atoms with E-state index in [9.17, 15) is 9.59 Å². The van der Waals surface area contributed by atoms with Gasteiger partial charge in [-0.05, 0) is 55.3 Å². The van der Waals surface area contributed by atoms with Crippen LogP contribution in [0.25, 0.3) is 20.4 Å². The molecule has 0 saturated carbocycles. The van der Waals surface area contributed by atoms with Crippen LogP contribution in [0.1, 0.15) is 17.5 Å². The number of methoxy groups -OCH3 is 2. The van der Waals surface area contributed by atoms with Crippen molar-refractivity contribution in [2.75, 3.05) is 24.9 Å². The van der Waals surface area contributed by atoms with E-state index in [0.29, 0.717) is 16.7 Å². The Bertz CT molecular complexity index is 1610. The lowest BCUT2D eigenvalue weighted by Crippen LogP contribution is -2.29. The Hall–Kier alpha value is -4.02. The normalized spacial score (nSPS) is 11.9. The number of aromatic nitrogens is 2. The van der Waals surface area contributed by atoms with Crippen LogP contribution >= 0.6 is 22.7 Å². The van der Waals surface area contributed by atoms with Crippen LogP contribution in [-0.4, -0.2) is 36.0 Å². The maximum Gasteiger partial charge on any atom is 0.230 e. The number of thiazole rings is 2. The Kier molecular flexibility index (Phi) is 7.52. The van der Waals surface area contributed by atoms with Crippen molar-refractivity contribution in [3.63, 3.8) is 0 Å². The molecule has 10 heteroatoms. The van der Waals surface area contributed by atoms with Crippen LogP contribution < -0.4 is 20.1 Å². The first-order valence-corrected chi connectivity index (χ1v) is 13.6. The van der Waals surface area contributed by atoms with Crippen LogP contribution in [0.5, 0.6) is 11.5 Å². The molecule has 0 spiro atoms. The predicted octanol–water partition coefficient (Wildman–Crippen LogP) is 6.06. The van der Waals surface area contributed by atoms with Crippen molar-refractivity contribution in [2.45, 2.75) is 19.8 Å². The summed E-state index contributed by atoms with van der Waals surface area (Å²) in [6, 6.07) is 19.1. The highest BCUT2D eigenvalue weighted by atomic mass is 32.1. The smallest absolute Gasteiger partial charge is 0.230 e. The van der Waals surface area contributed by atoms with Crippen molar-refractivity contribution in [3.05, 3.63) is 71.8 Å². The zero-order valence-corrected chi connectivity index (χ0v) is 22.7. The van der Waals surface area contributed by atoms with E-state index >= 15 is 0 Å². The highest BCUT2D eigenvalue weighted by molar-refractivity contribution is 7.22. The van der Waals surface area contributed by atoms with Crippen LogP contribution in [0.15, 0.2) is 60.7 Å². The average molecular weight is 547 g/mol. The molecular formula is C28H26N4O4S2. The standard InChI is InChI=1S/C28H26N4O4S2/c1-16-4-6-17(7-5-16)12-18(26(34)32-28-30-22-11-9-20(36-3)15-24(22)38-28)13-25(33)31-27-29-21-10-8-19(35-2)14-23(21)37-27/h4-11,14-15,18H,12-13H2,1-3H3,(H,29,31,33)(H,30,32,34)/t18-/m1/s1. The molecule has 8 nitrogen and oxygen atoms in total. The molecule has 3 aromatic carbocycles. The predicted molar refractivity (Wildman–Crippen MR) is 153 cm³/mol. The average Bonchev–Trinajstić information content (AvgIpc) is 3.50. The van der Waals surface area contributed by atoms with E-state index in [1.165, 1.54) is 22.7 Å². The van der Waals surface area contributed by atoms with Gasteiger partial charge in [0.25, 0.3) is 0 Å². The molecule has 0 aliphatic carbocycles. The Labute approximate surface area is 227 Å². The van der Waals surface area contributed by atoms with Gasteiger partial charge in [0.15, 0.2) is 10.3 Å². The van der Waals surface area contributed by atoms with E-state index in [-0.39, 0.29) is 18.2 Å². The quantitative estimate of drug-likeness (QED) is 0.233. The summed E-state index contributed by atoms with van der Waals surface area (Å²) in [4.78, 5) is 35.5. The number of hydrogen-bond donors (Lipinski definition) is 2. The van der Waals surface area contributed by atoms with E-state index in [0.717, 1.165) is 43.1 Å². The summed E-state index contributed by atoms with van der Waals surface area (Å²) in [7, 11) is 3.21. The molecule has 0 aliphatic heterocycles. The summed E-state index contributed by atoms with van der Waals surface area (Å²) < 4.78 is 12.4. The zero-order valence-electron chi connectivity index (χ0n) is 21.1. The molecule has 0 bridgehead atoms. The summed E-state index contributed by atoms with van der Waals surface area (Å²) in [5.41, 5.74) is 3.65. The fourth-order valence-corrected chi connectivity index (χ4v) is 5.85. The summed E-state index contributed by atoms with van der Waals surface area (Å²) in [5.74, 6) is 0.301. The van der Waals surface area contributed by atoms with E-state index in [1.807, 2.05) is 67.6 Å². The molecule has 0 unspecified atom stereocenters. The number of anilines is 2. The van der Waals surface area contributed by atoms with Gasteiger partial charge in [-0.3, -0.25) is 9.59 Å². The number of aryl methyl sites for hydroxylation is 1. The molecular weight excluding hydrogens is 520 g/mol. The van der Waals surface area contributed by atoms with Gasteiger partial charge in [-0.1, -0.05) is 52.5 Å². The molecule has 2 heterocycles. The molecule has 2 aromatic heterocycles. The summed E-state index contributed by atoms with van der Waals surface area (Å²) in [6.07, 6.45) is 0.410. The topological polar surface area (TPSA) is 102 Å². The van der Waals surface area contributed by atoms with Gasteiger partial charge in [-0.25, -0.2) is 9.97 Å². The Morgan fingerprint density at radius 3 is 1.92 bits per heavy atom. The second-order valence-electron chi connectivity index (χ2n) is 8.83. The van der Waals surface area contributed by atoms with Crippen molar-refractivity contribution in [1.29, 1.82) is 0 Å². The van der Waals surface area contributed by atoms with E-state index in [4.69, 9.17) is 9.47 Å². The van der Waals surface area contributed by atoms with Crippen LogP contribution in [0, 0.1) is 12.8 Å². The molecule has 0 saturated heterocycles. The minimum Gasteiger partial charge on any atom is -0.497 e. The SMILES string of the molecule is COc1ccc2nc(NC(=O)C[C@@H](Cc3ccc(C)cc3)C(=O)Nc3nc4ccc(OC)cc4s3)sc2c1. The molecule has 0 aliphatic rings. The van der Waals surface area contributed by atoms with Crippen LogP contribution in [0.3, 0.4) is 0 Å².